The Balaban J connectivity index is 2.05. The highest BCUT2D eigenvalue weighted by molar-refractivity contribution is 5.95. The molecule has 1 aliphatic rings. The van der Waals surface area contributed by atoms with Gasteiger partial charge in [0.2, 0.25) is 0 Å². The highest BCUT2D eigenvalue weighted by atomic mass is 16.5. The van der Waals surface area contributed by atoms with E-state index in [1.807, 2.05) is 13.0 Å². The number of aromatic nitrogens is 1. The van der Waals surface area contributed by atoms with Crippen LogP contribution in [-0.4, -0.2) is 29.6 Å². The topological polar surface area (TPSA) is 89.3 Å². The Morgan fingerprint density at radius 1 is 1.52 bits per heavy atom. The van der Waals surface area contributed by atoms with Crippen LogP contribution in [0.3, 0.4) is 0 Å². The molecule has 6 heteroatoms. The average molecular weight is 292 g/mol. The number of nitrogens with one attached hydrogen (secondary N) is 2. The summed E-state index contributed by atoms with van der Waals surface area (Å²) in [5.41, 5.74) is 3.70. The number of ether oxygens (including phenoxy) is 1. The molecule has 1 atom stereocenters. The standard InChI is InChI=1S/C15H24N4O2/c1-3-5-12-8-11(9-13(18-12)19-16)14(20)17-10-15(2)6-4-7-21-15/h8-9H,3-7,10,16H2,1-2H3,(H,17,20)(H,18,19). The molecule has 1 aliphatic heterocycles. The van der Waals surface area contributed by atoms with Crippen LogP contribution >= 0.6 is 0 Å². The maximum atomic E-state index is 12.3. The number of hydrogen-bond donors (Lipinski definition) is 3. The molecule has 0 aromatic carbocycles. The van der Waals surface area contributed by atoms with Gasteiger partial charge >= 0.3 is 0 Å². The molecule has 6 nitrogen and oxygen atoms in total. The molecule has 0 spiro atoms. The SMILES string of the molecule is CCCc1cc(C(=O)NCC2(C)CCCO2)cc(NN)n1. The fourth-order valence-corrected chi connectivity index (χ4v) is 2.52. The third-order valence-electron chi connectivity index (χ3n) is 3.72. The second-order valence-electron chi connectivity index (χ2n) is 5.71. The number of carbonyl (C=O) groups excluding carboxylic acids is 1. The van der Waals surface area contributed by atoms with Crippen molar-refractivity contribution in [2.45, 2.75) is 45.1 Å². The van der Waals surface area contributed by atoms with E-state index in [0.29, 0.717) is 17.9 Å². The van der Waals surface area contributed by atoms with Crippen LogP contribution in [0.4, 0.5) is 5.82 Å². The van der Waals surface area contributed by atoms with Crippen LogP contribution in [0.1, 0.15) is 49.2 Å². The van der Waals surface area contributed by atoms with E-state index in [9.17, 15) is 4.79 Å². The van der Waals surface area contributed by atoms with Gasteiger partial charge in [0.15, 0.2) is 0 Å². The molecule has 116 valence electrons. The van der Waals surface area contributed by atoms with Gasteiger partial charge in [-0.3, -0.25) is 4.79 Å². The zero-order chi connectivity index (χ0) is 15.3. The van der Waals surface area contributed by atoms with Crippen LogP contribution in [0.5, 0.6) is 0 Å². The van der Waals surface area contributed by atoms with Crippen molar-refractivity contribution >= 4 is 11.7 Å². The van der Waals surface area contributed by atoms with E-state index in [0.717, 1.165) is 38.0 Å². The number of nitrogen functional groups attached to an aromatic ring is 1. The molecular formula is C15H24N4O2. The minimum atomic E-state index is -0.246. The van der Waals surface area contributed by atoms with Crippen LogP contribution in [0, 0.1) is 0 Å². The molecule has 0 saturated carbocycles. The number of nitrogens with two attached hydrogens (primary N) is 1. The smallest absolute Gasteiger partial charge is 0.251 e. The van der Waals surface area contributed by atoms with Crippen molar-refractivity contribution in [3.8, 4) is 0 Å². The predicted octanol–water partition coefficient (Wildman–Crippen LogP) is 1.62. The van der Waals surface area contributed by atoms with Gasteiger partial charge in [-0.25, -0.2) is 10.8 Å². The first-order chi connectivity index (χ1) is 10.1. The Morgan fingerprint density at radius 3 is 2.95 bits per heavy atom. The first-order valence-corrected chi connectivity index (χ1v) is 7.46. The summed E-state index contributed by atoms with van der Waals surface area (Å²) in [5.74, 6) is 5.80. The fourth-order valence-electron chi connectivity index (χ4n) is 2.52. The first-order valence-electron chi connectivity index (χ1n) is 7.46. The second kappa shape index (κ2) is 6.87. The molecule has 0 radical (unpaired) electrons. The van der Waals surface area contributed by atoms with Crippen LogP contribution in [0.15, 0.2) is 12.1 Å². The highest BCUT2D eigenvalue weighted by Gasteiger charge is 2.30. The molecule has 0 aliphatic carbocycles. The molecule has 1 aromatic rings. The van der Waals surface area contributed by atoms with E-state index in [2.05, 4.69) is 22.7 Å². The molecule has 0 bridgehead atoms. The molecule has 4 N–H and O–H groups in total. The van der Waals surface area contributed by atoms with Gasteiger partial charge in [0.05, 0.1) is 5.60 Å². The largest absolute Gasteiger partial charge is 0.373 e. The van der Waals surface area contributed by atoms with Crippen LogP contribution in [0.2, 0.25) is 0 Å². The van der Waals surface area contributed by atoms with Gasteiger partial charge in [0.25, 0.3) is 5.91 Å². The van der Waals surface area contributed by atoms with Gasteiger partial charge in [-0.15, -0.1) is 0 Å². The third kappa shape index (κ3) is 4.15. The predicted molar refractivity (Wildman–Crippen MR) is 82.0 cm³/mol. The van der Waals surface area contributed by atoms with Crippen molar-refractivity contribution in [1.82, 2.24) is 10.3 Å². The summed E-state index contributed by atoms with van der Waals surface area (Å²) in [4.78, 5) is 16.6. The average Bonchev–Trinajstić information content (AvgIpc) is 2.92. The summed E-state index contributed by atoms with van der Waals surface area (Å²) in [7, 11) is 0. The molecule has 1 unspecified atom stereocenters. The molecule has 1 aromatic heterocycles. The van der Waals surface area contributed by atoms with Gasteiger partial charge in [-0.2, -0.15) is 0 Å². The van der Waals surface area contributed by atoms with Crippen molar-refractivity contribution < 1.29 is 9.53 Å². The van der Waals surface area contributed by atoms with Crippen molar-refractivity contribution in [1.29, 1.82) is 0 Å². The lowest BCUT2D eigenvalue weighted by Gasteiger charge is -2.23. The fraction of sp³-hybridized carbons (Fsp3) is 0.600. The Kier molecular flexibility index (Phi) is 5.14. The van der Waals surface area contributed by atoms with E-state index in [-0.39, 0.29) is 11.5 Å². The van der Waals surface area contributed by atoms with Crippen molar-refractivity contribution in [2.24, 2.45) is 5.84 Å². The van der Waals surface area contributed by atoms with E-state index in [4.69, 9.17) is 10.6 Å². The van der Waals surface area contributed by atoms with Crippen molar-refractivity contribution in [3.05, 3.63) is 23.4 Å². The lowest BCUT2D eigenvalue weighted by Crippen LogP contribution is -2.40. The number of hydrogen-bond acceptors (Lipinski definition) is 5. The number of hydrazine groups is 1. The third-order valence-corrected chi connectivity index (χ3v) is 3.72. The van der Waals surface area contributed by atoms with E-state index >= 15 is 0 Å². The maximum Gasteiger partial charge on any atom is 0.251 e. The molecule has 1 fully saturated rings. The highest BCUT2D eigenvalue weighted by Crippen LogP contribution is 2.24. The molecule has 2 rings (SSSR count). The zero-order valence-corrected chi connectivity index (χ0v) is 12.7. The number of pyridine rings is 1. The summed E-state index contributed by atoms with van der Waals surface area (Å²) >= 11 is 0. The van der Waals surface area contributed by atoms with Crippen LogP contribution in [-0.2, 0) is 11.2 Å². The number of amides is 1. The van der Waals surface area contributed by atoms with Gasteiger partial charge in [-0.1, -0.05) is 13.3 Å². The van der Waals surface area contributed by atoms with Crippen molar-refractivity contribution in [3.63, 3.8) is 0 Å². The molecule has 21 heavy (non-hydrogen) atoms. The normalized spacial score (nSPS) is 21.3. The summed E-state index contributed by atoms with van der Waals surface area (Å²) < 4.78 is 5.67. The number of anilines is 1. The Morgan fingerprint density at radius 2 is 2.33 bits per heavy atom. The van der Waals surface area contributed by atoms with Gasteiger partial charge in [-0.05, 0) is 38.3 Å². The van der Waals surface area contributed by atoms with Crippen LogP contribution in [0.25, 0.3) is 0 Å². The minimum Gasteiger partial charge on any atom is -0.373 e. The van der Waals surface area contributed by atoms with Crippen molar-refractivity contribution in [2.75, 3.05) is 18.6 Å². The Bertz CT molecular complexity index is 498. The summed E-state index contributed by atoms with van der Waals surface area (Å²) in [6, 6.07) is 3.48. The maximum absolute atomic E-state index is 12.3. The van der Waals surface area contributed by atoms with Gasteiger partial charge in [0, 0.05) is 24.4 Å². The monoisotopic (exact) mass is 292 g/mol. The first kappa shape index (κ1) is 15.7. The molecule has 1 saturated heterocycles. The minimum absolute atomic E-state index is 0.122. The van der Waals surface area contributed by atoms with Crippen LogP contribution < -0.4 is 16.6 Å². The van der Waals surface area contributed by atoms with Gasteiger partial charge < -0.3 is 15.5 Å². The molecular weight excluding hydrogens is 268 g/mol. The quantitative estimate of drug-likeness (QED) is 0.547. The Hall–Kier alpha value is -1.66. The molecule has 2 heterocycles. The number of nitrogens with zero attached hydrogens (tertiary/aromatic N) is 1. The lowest BCUT2D eigenvalue weighted by atomic mass is 10.0. The zero-order valence-electron chi connectivity index (χ0n) is 12.7. The lowest BCUT2D eigenvalue weighted by molar-refractivity contribution is 0.0206. The number of aryl methyl sites for hydroxylation is 1. The molecule has 1 amide bonds. The number of rotatable bonds is 6. The van der Waals surface area contributed by atoms with Gasteiger partial charge in [0.1, 0.15) is 5.82 Å². The van der Waals surface area contributed by atoms with E-state index in [1.165, 1.54) is 0 Å². The summed E-state index contributed by atoms with van der Waals surface area (Å²) in [6.45, 7) is 5.39. The summed E-state index contributed by atoms with van der Waals surface area (Å²) in [6.07, 6.45) is 3.80. The van der Waals surface area contributed by atoms with E-state index < -0.39 is 0 Å². The summed E-state index contributed by atoms with van der Waals surface area (Å²) in [5, 5.41) is 2.94. The Labute approximate surface area is 125 Å². The number of carbonyl (C=O) groups is 1. The second-order valence-corrected chi connectivity index (χ2v) is 5.71. The van der Waals surface area contributed by atoms with E-state index in [1.54, 1.807) is 6.07 Å².